The molecule has 0 aliphatic heterocycles. The molecule has 0 amide bonds. The fourth-order valence-corrected chi connectivity index (χ4v) is 1.09. The van der Waals surface area contributed by atoms with Gasteiger partial charge in [0.1, 0.15) is 5.69 Å². The summed E-state index contributed by atoms with van der Waals surface area (Å²) in [4.78, 5) is 9.45. The molecular formula is C9H10F2N2O2. The van der Waals surface area contributed by atoms with Crippen molar-refractivity contribution in [3.05, 3.63) is 33.9 Å². The van der Waals surface area contributed by atoms with Crippen LogP contribution in [0.3, 0.4) is 0 Å². The van der Waals surface area contributed by atoms with Crippen molar-refractivity contribution in [3.8, 4) is 0 Å². The number of halogens is 2. The van der Waals surface area contributed by atoms with Crippen molar-refractivity contribution in [2.75, 3.05) is 5.32 Å². The van der Waals surface area contributed by atoms with Gasteiger partial charge in [0, 0.05) is 6.04 Å². The summed E-state index contributed by atoms with van der Waals surface area (Å²) in [6.45, 7) is 3.42. The van der Waals surface area contributed by atoms with E-state index >= 15 is 0 Å². The van der Waals surface area contributed by atoms with Crippen molar-refractivity contribution < 1.29 is 13.7 Å². The quantitative estimate of drug-likeness (QED) is 0.624. The lowest BCUT2D eigenvalue weighted by Gasteiger charge is -2.11. The Kier molecular flexibility index (Phi) is 3.18. The molecule has 0 saturated heterocycles. The van der Waals surface area contributed by atoms with E-state index in [0.717, 1.165) is 0 Å². The molecule has 0 aromatic heterocycles. The number of benzene rings is 1. The molecule has 0 heterocycles. The Morgan fingerprint density at radius 2 is 1.80 bits per heavy atom. The van der Waals surface area contributed by atoms with Crippen molar-refractivity contribution in [1.29, 1.82) is 0 Å². The van der Waals surface area contributed by atoms with Gasteiger partial charge in [0.15, 0.2) is 11.6 Å². The predicted molar refractivity (Wildman–Crippen MR) is 51.8 cm³/mol. The number of anilines is 1. The third-order valence-electron chi connectivity index (χ3n) is 1.67. The molecule has 0 saturated carbocycles. The Morgan fingerprint density at radius 3 is 2.13 bits per heavy atom. The van der Waals surface area contributed by atoms with E-state index in [4.69, 9.17) is 0 Å². The number of hydrogen-bond donors (Lipinski definition) is 1. The van der Waals surface area contributed by atoms with Gasteiger partial charge in [-0.15, -0.1) is 0 Å². The number of hydrogen-bond acceptors (Lipinski definition) is 3. The van der Waals surface area contributed by atoms with Gasteiger partial charge in [0.2, 0.25) is 0 Å². The molecule has 82 valence electrons. The number of nitrogens with one attached hydrogen (secondary N) is 1. The fraction of sp³-hybridized carbons (Fsp3) is 0.333. The zero-order chi connectivity index (χ0) is 11.6. The lowest BCUT2D eigenvalue weighted by atomic mass is 10.2. The van der Waals surface area contributed by atoms with Crippen LogP contribution in [-0.2, 0) is 0 Å². The van der Waals surface area contributed by atoms with E-state index < -0.39 is 22.2 Å². The van der Waals surface area contributed by atoms with Crippen LogP contribution in [0.2, 0.25) is 0 Å². The average molecular weight is 216 g/mol. The van der Waals surface area contributed by atoms with E-state index in [1.54, 1.807) is 13.8 Å². The van der Waals surface area contributed by atoms with E-state index in [1.807, 2.05) is 0 Å². The molecule has 0 fully saturated rings. The zero-order valence-corrected chi connectivity index (χ0v) is 8.25. The Morgan fingerprint density at radius 1 is 1.33 bits per heavy atom. The second-order valence-electron chi connectivity index (χ2n) is 3.34. The molecule has 0 unspecified atom stereocenters. The van der Waals surface area contributed by atoms with Crippen LogP contribution in [0.5, 0.6) is 0 Å². The summed E-state index contributed by atoms with van der Waals surface area (Å²) >= 11 is 0. The van der Waals surface area contributed by atoms with Gasteiger partial charge in [-0.3, -0.25) is 10.1 Å². The van der Waals surface area contributed by atoms with Gasteiger partial charge in [-0.2, -0.15) is 0 Å². The molecule has 0 aliphatic carbocycles. The van der Waals surface area contributed by atoms with E-state index in [9.17, 15) is 18.9 Å². The molecular weight excluding hydrogens is 206 g/mol. The summed E-state index contributed by atoms with van der Waals surface area (Å²) in [7, 11) is 0. The second kappa shape index (κ2) is 4.20. The van der Waals surface area contributed by atoms with Gasteiger partial charge in [0.05, 0.1) is 17.1 Å². The standard InChI is InChI=1S/C9H10F2N2O2/c1-5(2)12-9-7(10)3-6(13(14)15)4-8(9)11/h3-5,12H,1-2H3. The normalized spacial score (nSPS) is 10.5. The van der Waals surface area contributed by atoms with Crippen LogP contribution in [0.25, 0.3) is 0 Å². The molecule has 0 spiro atoms. The third kappa shape index (κ3) is 2.61. The van der Waals surface area contributed by atoms with E-state index in [1.165, 1.54) is 0 Å². The summed E-state index contributed by atoms with van der Waals surface area (Å²) in [5, 5.41) is 12.8. The van der Waals surface area contributed by atoms with Crippen molar-refractivity contribution in [2.45, 2.75) is 19.9 Å². The number of rotatable bonds is 3. The molecule has 0 atom stereocenters. The molecule has 0 radical (unpaired) electrons. The molecule has 4 nitrogen and oxygen atoms in total. The highest BCUT2D eigenvalue weighted by Gasteiger charge is 2.17. The van der Waals surface area contributed by atoms with Crippen LogP contribution in [0.15, 0.2) is 12.1 Å². The maximum atomic E-state index is 13.2. The first kappa shape index (κ1) is 11.4. The first-order valence-electron chi connectivity index (χ1n) is 4.31. The lowest BCUT2D eigenvalue weighted by molar-refractivity contribution is -0.385. The number of nitro benzene ring substituents is 1. The lowest BCUT2D eigenvalue weighted by Crippen LogP contribution is -2.12. The third-order valence-corrected chi connectivity index (χ3v) is 1.67. The molecule has 1 rings (SSSR count). The number of nitro groups is 1. The predicted octanol–water partition coefficient (Wildman–Crippen LogP) is 2.69. The van der Waals surface area contributed by atoms with Crippen molar-refractivity contribution in [1.82, 2.24) is 0 Å². The summed E-state index contributed by atoms with van der Waals surface area (Å²) < 4.78 is 26.4. The molecule has 1 aromatic carbocycles. The van der Waals surface area contributed by atoms with Crippen LogP contribution in [-0.4, -0.2) is 11.0 Å². The topological polar surface area (TPSA) is 55.2 Å². The largest absolute Gasteiger partial charge is 0.378 e. The van der Waals surface area contributed by atoms with Crippen LogP contribution < -0.4 is 5.32 Å². The molecule has 6 heteroatoms. The van der Waals surface area contributed by atoms with Crippen LogP contribution in [0.4, 0.5) is 20.2 Å². The van der Waals surface area contributed by atoms with Crippen LogP contribution >= 0.6 is 0 Å². The van der Waals surface area contributed by atoms with E-state index in [2.05, 4.69) is 5.32 Å². The maximum Gasteiger partial charge on any atom is 0.275 e. The summed E-state index contributed by atoms with van der Waals surface area (Å²) in [6.07, 6.45) is 0. The number of non-ortho nitro benzene ring substituents is 1. The van der Waals surface area contributed by atoms with Gasteiger partial charge < -0.3 is 5.32 Å². The van der Waals surface area contributed by atoms with Gasteiger partial charge in [-0.1, -0.05) is 0 Å². The molecule has 0 bridgehead atoms. The van der Waals surface area contributed by atoms with Gasteiger partial charge in [0.25, 0.3) is 5.69 Å². The van der Waals surface area contributed by atoms with E-state index in [-0.39, 0.29) is 11.7 Å². The first-order chi connectivity index (χ1) is 6.91. The monoisotopic (exact) mass is 216 g/mol. The maximum absolute atomic E-state index is 13.2. The van der Waals surface area contributed by atoms with Crippen molar-refractivity contribution >= 4 is 11.4 Å². The Bertz CT molecular complexity index is 371. The molecule has 0 aliphatic rings. The second-order valence-corrected chi connectivity index (χ2v) is 3.34. The summed E-state index contributed by atoms with van der Waals surface area (Å²) in [6, 6.07) is 1.22. The summed E-state index contributed by atoms with van der Waals surface area (Å²) in [5.74, 6) is -1.93. The van der Waals surface area contributed by atoms with Crippen LogP contribution in [0, 0.1) is 21.7 Å². The highest BCUT2D eigenvalue weighted by molar-refractivity contribution is 5.52. The molecule has 15 heavy (non-hydrogen) atoms. The number of nitrogens with zero attached hydrogens (tertiary/aromatic N) is 1. The molecule has 1 N–H and O–H groups in total. The van der Waals surface area contributed by atoms with Crippen molar-refractivity contribution in [2.24, 2.45) is 0 Å². The zero-order valence-electron chi connectivity index (χ0n) is 8.25. The van der Waals surface area contributed by atoms with E-state index in [0.29, 0.717) is 12.1 Å². The minimum Gasteiger partial charge on any atom is -0.378 e. The Hall–Kier alpha value is -1.72. The average Bonchev–Trinajstić information content (AvgIpc) is 2.10. The first-order valence-corrected chi connectivity index (χ1v) is 4.31. The minimum absolute atomic E-state index is 0.157. The van der Waals surface area contributed by atoms with Gasteiger partial charge >= 0.3 is 0 Å². The van der Waals surface area contributed by atoms with Crippen LogP contribution in [0.1, 0.15) is 13.8 Å². The Balaban J connectivity index is 3.15. The fourth-order valence-electron chi connectivity index (χ4n) is 1.09. The highest BCUT2D eigenvalue weighted by Crippen LogP contribution is 2.25. The highest BCUT2D eigenvalue weighted by atomic mass is 19.1. The molecule has 1 aromatic rings. The SMILES string of the molecule is CC(C)Nc1c(F)cc([N+](=O)[O-])cc1F. The Labute approximate surface area is 85.1 Å². The van der Waals surface area contributed by atoms with Gasteiger partial charge in [-0.25, -0.2) is 8.78 Å². The van der Waals surface area contributed by atoms with Crippen molar-refractivity contribution in [3.63, 3.8) is 0 Å². The van der Waals surface area contributed by atoms with Gasteiger partial charge in [-0.05, 0) is 13.8 Å². The smallest absolute Gasteiger partial charge is 0.275 e. The minimum atomic E-state index is -0.963. The summed E-state index contributed by atoms with van der Waals surface area (Å²) in [5.41, 5.74) is -0.935.